The number of amides is 1. The fourth-order valence-corrected chi connectivity index (χ4v) is 3.56. The molecule has 0 fully saturated rings. The van der Waals surface area contributed by atoms with Crippen LogP contribution in [0.4, 0.5) is 5.13 Å². The first-order valence-electron chi connectivity index (χ1n) is 9.93. The smallest absolute Gasteiger partial charge is 0.253 e. The number of carbonyl (C=O) groups is 1. The van der Waals surface area contributed by atoms with E-state index < -0.39 is 0 Å². The minimum absolute atomic E-state index is 0.0557. The van der Waals surface area contributed by atoms with Crippen LogP contribution in [0.2, 0.25) is 0 Å². The van der Waals surface area contributed by atoms with E-state index in [9.17, 15) is 4.79 Å². The van der Waals surface area contributed by atoms with Crippen molar-refractivity contribution in [1.29, 1.82) is 0 Å². The van der Waals surface area contributed by atoms with Crippen molar-refractivity contribution < 1.29 is 4.79 Å². The van der Waals surface area contributed by atoms with Gasteiger partial charge in [-0.05, 0) is 59.7 Å². The van der Waals surface area contributed by atoms with E-state index in [1.54, 1.807) is 0 Å². The molecule has 0 aromatic carbocycles. The van der Waals surface area contributed by atoms with E-state index in [1.807, 2.05) is 67.4 Å². The lowest BCUT2D eigenvalue weighted by molar-refractivity contribution is 0.0957. The average molecular weight is 424 g/mol. The Balaban J connectivity index is 1.65. The molecule has 3 aromatic heterocycles. The van der Waals surface area contributed by atoms with Crippen LogP contribution in [-0.4, -0.2) is 27.0 Å². The van der Waals surface area contributed by atoms with Crippen LogP contribution in [0.25, 0.3) is 11.4 Å². The van der Waals surface area contributed by atoms with Crippen LogP contribution >= 0.6 is 11.3 Å². The molecule has 0 saturated carbocycles. The SMILES string of the molecule is CC(C)=C(CNC(=O)c1ccn(C(C)(C)C)c1)Nc1nc(-c2cccc(C)n2)cs1. The summed E-state index contributed by atoms with van der Waals surface area (Å²) in [5.41, 5.74) is 5.27. The van der Waals surface area contributed by atoms with Crippen LogP contribution in [0.15, 0.2) is 53.3 Å². The third kappa shape index (κ3) is 5.36. The predicted octanol–water partition coefficient (Wildman–Crippen LogP) is 5.21. The van der Waals surface area contributed by atoms with E-state index in [0.717, 1.165) is 33.5 Å². The molecule has 3 rings (SSSR count). The van der Waals surface area contributed by atoms with Crippen molar-refractivity contribution in [2.75, 3.05) is 11.9 Å². The number of rotatable bonds is 6. The highest BCUT2D eigenvalue weighted by Gasteiger charge is 2.16. The highest BCUT2D eigenvalue weighted by atomic mass is 32.1. The molecular weight excluding hydrogens is 394 g/mol. The molecule has 3 aromatic rings. The average Bonchev–Trinajstić information content (AvgIpc) is 3.34. The van der Waals surface area contributed by atoms with Crippen molar-refractivity contribution in [2.45, 2.75) is 47.1 Å². The van der Waals surface area contributed by atoms with Gasteiger partial charge in [-0.3, -0.25) is 9.78 Å². The van der Waals surface area contributed by atoms with Gasteiger partial charge in [-0.2, -0.15) is 0 Å². The van der Waals surface area contributed by atoms with Gasteiger partial charge in [0, 0.05) is 34.7 Å². The van der Waals surface area contributed by atoms with Crippen LogP contribution in [0.1, 0.15) is 50.7 Å². The Bertz CT molecular complexity index is 1070. The van der Waals surface area contributed by atoms with E-state index in [0.29, 0.717) is 12.1 Å². The van der Waals surface area contributed by atoms with Gasteiger partial charge >= 0.3 is 0 Å². The second kappa shape index (κ2) is 8.83. The highest BCUT2D eigenvalue weighted by Crippen LogP contribution is 2.25. The number of pyridine rings is 1. The number of nitrogens with one attached hydrogen (secondary N) is 2. The minimum Gasteiger partial charge on any atom is -0.348 e. The summed E-state index contributed by atoms with van der Waals surface area (Å²) in [6, 6.07) is 7.75. The molecule has 0 atom stereocenters. The molecule has 0 bridgehead atoms. The number of hydrogen-bond donors (Lipinski definition) is 2. The molecule has 0 aliphatic heterocycles. The quantitative estimate of drug-likeness (QED) is 0.571. The molecule has 0 saturated heterocycles. The fourth-order valence-electron chi connectivity index (χ4n) is 2.83. The summed E-state index contributed by atoms with van der Waals surface area (Å²) < 4.78 is 2.04. The largest absolute Gasteiger partial charge is 0.348 e. The van der Waals surface area contributed by atoms with Crippen LogP contribution in [0.3, 0.4) is 0 Å². The van der Waals surface area contributed by atoms with Gasteiger partial charge in [0.15, 0.2) is 5.13 Å². The first-order valence-corrected chi connectivity index (χ1v) is 10.8. The Morgan fingerprint density at radius 3 is 2.53 bits per heavy atom. The van der Waals surface area contributed by atoms with Crippen molar-refractivity contribution in [3.63, 3.8) is 0 Å². The highest BCUT2D eigenvalue weighted by molar-refractivity contribution is 7.14. The van der Waals surface area contributed by atoms with Crippen molar-refractivity contribution in [1.82, 2.24) is 19.9 Å². The summed E-state index contributed by atoms with van der Waals surface area (Å²) in [6.45, 7) is 12.7. The Kier molecular flexibility index (Phi) is 6.41. The lowest BCUT2D eigenvalue weighted by atomic mass is 10.1. The molecule has 0 aliphatic rings. The molecule has 0 unspecified atom stereocenters. The second-order valence-corrected chi connectivity index (χ2v) is 9.32. The molecule has 7 heteroatoms. The van der Waals surface area contributed by atoms with Gasteiger partial charge in [0.25, 0.3) is 5.91 Å². The van der Waals surface area contributed by atoms with Crippen LogP contribution < -0.4 is 10.6 Å². The number of aromatic nitrogens is 3. The summed E-state index contributed by atoms with van der Waals surface area (Å²) in [4.78, 5) is 21.8. The zero-order valence-corrected chi connectivity index (χ0v) is 19.2. The lowest BCUT2D eigenvalue weighted by Gasteiger charge is -2.20. The van der Waals surface area contributed by atoms with Crippen molar-refractivity contribution in [2.24, 2.45) is 0 Å². The summed E-state index contributed by atoms with van der Waals surface area (Å²) in [7, 11) is 0. The summed E-state index contributed by atoms with van der Waals surface area (Å²) in [5.74, 6) is -0.0951. The number of aryl methyl sites for hydroxylation is 1. The topological polar surface area (TPSA) is 71.8 Å². The molecule has 3 heterocycles. The molecular formula is C23H29N5OS. The van der Waals surface area contributed by atoms with Gasteiger partial charge in [0.05, 0.1) is 17.8 Å². The first-order chi connectivity index (χ1) is 14.1. The third-order valence-electron chi connectivity index (χ3n) is 4.67. The molecule has 158 valence electrons. The zero-order valence-electron chi connectivity index (χ0n) is 18.4. The monoisotopic (exact) mass is 423 g/mol. The van der Waals surface area contributed by atoms with Crippen LogP contribution in [0.5, 0.6) is 0 Å². The number of allylic oxidation sites excluding steroid dienone is 1. The maximum atomic E-state index is 12.6. The number of carbonyl (C=O) groups excluding carboxylic acids is 1. The van der Waals surface area contributed by atoms with Crippen LogP contribution in [-0.2, 0) is 5.54 Å². The lowest BCUT2D eigenvalue weighted by Crippen LogP contribution is -2.28. The first kappa shape index (κ1) is 21.8. The van der Waals surface area contributed by atoms with E-state index in [4.69, 9.17) is 0 Å². The van der Waals surface area contributed by atoms with Gasteiger partial charge in [0.1, 0.15) is 5.69 Å². The van der Waals surface area contributed by atoms with E-state index >= 15 is 0 Å². The number of thiazole rings is 1. The normalized spacial score (nSPS) is 11.3. The number of anilines is 1. The fraction of sp³-hybridized carbons (Fsp3) is 0.348. The van der Waals surface area contributed by atoms with Crippen LogP contribution in [0, 0.1) is 6.92 Å². The Labute approximate surface area is 182 Å². The molecule has 1 amide bonds. The Morgan fingerprint density at radius 2 is 1.90 bits per heavy atom. The van der Waals surface area contributed by atoms with Gasteiger partial charge in [0.2, 0.25) is 0 Å². The maximum Gasteiger partial charge on any atom is 0.253 e. The van der Waals surface area contributed by atoms with E-state index in [2.05, 4.69) is 41.4 Å². The molecule has 0 spiro atoms. The van der Waals surface area contributed by atoms with Gasteiger partial charge < -0.3 is 15.2 Å². The molecule has 2 N–H and O–H groups in total. The van der Waals surface area contributed by atoms with E-state index in [-0.39, 0.29) is 11.4 Å². The predicted molar refractivity (Wildman–Crippen MR) is 124 cm³/mol. The molecule has 0 aliphatic carbocycles. The maximum absolute atomic E-state index is 12.6. The second-order valence-electron chi connectivity index (χ2n) is 8.47. The van der Waals surface area contributed by atoms with E-state index in [1.165, 1.54) is 11.3 Å². The third-order valence-corrected chi connectivity index (χ3v) is 5.43. The molecule has 6 nitrogen and oxygen atoms in total. The van der Waals surface area contributed by atoms with Crippen molar-refractivity contribution >= 4 is 22.4 Å². The number of hydrogen-bond acceptors (Lipinski definition) is 5. The Hall–Kier alpha value is -2.93. The number of nitrogens with zero attached hydrogens (tertiary/aromatic N) is 3. The minimum atomic E-state index is -0.0951. The Morgan fingerprint density at radius 1 is 1.13 bits per heavy atom. The molecule has 30 heavy (non-hydrogen) atoms. The summed E-state index contributed by atoms with van der Waals surface area (Å²) in [5, 5.41) is 9.12. The standard InChI is InChI=1S/C23H29N5OS/c1-15(2)19(12-24-21(29)17-10-11-28(13-17)23(4,5)6)26-22-27-20(14-30-22)18-9-7-8-16(3)25-18/h7-11,13-14H,12H2,1-6H3,(H,24,29)(H,26,27). The zero-order chi connectivity index (χ0) is 21.9. The summed E-state index contributed by atoms with van der Waals surface area (Å²) in [6.07, 6.45) is 3.82. The molecule has 0 radical (unpaired) electrons. The van der Waals surface area contributed by atoms with Gasteiger partial charge in [-0.15, -0.1) is 11.3 Å². The summed E-state index contributed by atoms with van der Waals surface area (Å²) >= 11 is 1.52. The van der Waals surface area contributed by atoms with Gasteiger partial charge in [-0.1, -0.05) is 11.6 Å². The van der Waals surface area contributed by atoms with Gasteiger partial charge in [-0.25, -0.2) is 4.98 Å². The van der Waals surface area contributed by atoms with Crippen molar-refractivity contribution in [3.05, 3.63) is 64.6 Å². The van der Waals surface area contributed by atoms with Crippen molar-refractivity contribution in [3.8, 4) is 11.4 Å².